The summed E-state index contributed by atoms with van der Waals surface area (Å²) in [4.78, 5) is 1.47. The van der Waals surface area contributed by atoms with E-state index in [4.69, 9.17) is 0 Å². The number of hydrogen-bond acceptors (Lipinski definition) is 2. The Morgan fingerprint density at radius 1 is 1.43 bits per heavy atom. The van der Waals surface area contributed by atoms with E-state index in [1.165, 1.54) is 4.90 Å². The summed E-state index contributed by atoms with van der Waals surface area (Å²) in [5, 5.41) is 3.25. The lowest BCUT2D eigenvalue weighted by Gasteiger charge is -2.41. The molecule has 1 N–H and O–H groups in total. The van der Waals surface area contributed by atoms with Crippen LogP contribution in [0.2, 0.25) is 0 Å². The van der Waals surface area contributed by atoms with Gasteiger partial charge in [0.25, 0.3) is 0 Å². The predicted octanol–water partition coefficient (Wildman–Crippen LogP) is 1.62. The van der Waals surface area contributed by atoms with Gasteiger partial charge in [-0.3, -0.25) is 4.90 Å². The monoisotopic (exact) mass is 210 g/mol. The summed E-state index contributed by atoms with van der Waals surface area (Å²) in [6.45, 7) is 4.77. The largest absolute Gasteiger partial charge is 0.401 e. The molecule has 1 atom stereocenters. The van der Waals surface area contributed by atoms with Crippen LogP contribution in [0.1, 0.15) is 20.3 Å². The molecule has 5 heteroatoms. The van der Waals surface area contributed by atoms with Crippen LogP contribution in [0.4, 0.5) is 13.2 Å². The molecule has 1 fully saturated rings. The van der Waals surface area contributed by atoms with E-state index >= 15 is 0 Å². The lowest BCUT2D eigenvalue weighted by atomic mass is 9.96. The van der Waals surface area contributed by atoms with Gasteiger partial charge in [-0.15, -0.1) is 0 Å². The zero-order valence-electron chi connectivity index (χ0n) is 8.62. The van der Waals surface area contributed by atoms with Gasteiger partial charge in [-0.2, -0.15) is 13.2 Å². The van der Waals surface area contributed by atoms with Gasteiger partial charge in [0, 0.05) is 25.2 Å². The summed E-state index contributed by atoms with van der Waals surface area (Å²) in [6, 6.07) is 0. The molecule has 0 spiro atoms. The number of hydrogen-bond donors (Lipinski definition) is 1. The summed E-state index contributed by atoms with van der Waals surface area (Å²) in [6.07, 6.45) is -3.23. The molecule has 0 amide bonds. The fraction of sp³-hybridized carbons (Fsp3) is 1.00. The van der Waals surface area contributed by atoms with Crippen LogP contribution < -0.4 is 5.32 Å². The Labute approximate surface area is 82.5 Å². The standard InChI is InChI=1S/C9H17F3N2/c1-3-8(2)6-14(5-4-13-8)7-9(10,11)12/h13H,3-7H2,1-2H3. The van der Waals surface area contributed by atoms with Crippen LogP contribution in [0.25, 0.3) is 0 Å². The van der Waals surface area contributed by atoms with Gasteiger partial charge in [-0.25, -0.2) is 0 Å². The summed E-state index contributed by atoms with van der Waals surface area (Å²) in [5.74, 6) is 0. The molecular weight excluding hydrogens is 193 g/mol. The molecule has 84 valence electrons. The number of nitrogens with one attached hydrogen (secondary N) is 1. The molecule has 1 unspecified atom stereocenters. The molecule has 1 aliphatic rings. The molecule has 1 heterocycles. The number of piperazine rings is 1. The van der Waals surface area contributed by atoms with E-state index in [0.717, 1.165) is 6.42 Å². The number of halogens is 3. The highest BCUT2D eigenvalue weighted by Gasteiger charge is 2.35. The first-order valence-corrected chi connectivity index (χ1v) is 4.89. The van der Waals surface area contributed by atoms with Crippen molar-refractivity contribution in [2.24, 2.45) is 0 Å². The minimum Gasteiger partial charge on any atom is -0.309 e. The fourth-order valence-electron chi connectivity index (χ4n) is 1.77. The van der Waals surface area contributed by atoms with Crippen molar-refractivity contribution in [3.05, 3.63) is 0 Å². The van der Waals surface area contributed by atoms with Crippen LogP contribution in [0.15, 0.2) is 0 Å². The second kappa shape index (κ2) is 4.06. The van der Waals surface area contributed by atoms with Gasteiger partial charge >= 0.3 is 6.18 Å². The van der Waals surface area contributed by atoms with Crippen molar-refractivity contribution in [1.29, 1.82) is 0 Å². The van der Waals surface area contributed by atoms with E-state index in [9.17, 15) is 13.2 Å². The first-order valence-electron chi connectivity index (χ1n) is 4.89. The first-order chi connectivity index (χ1) is 6.35. The Kier molecular flexibility index (Phi) is 3.42. The highest BCUT2D eigenvalue weighted by molar-refractivity contribution is 4.90. The summed E-state index contributed by atoms with van der Waals surface area (Å²) in [7, 11) is 0. The van der Waals surface area contributed by atoms with Crippen LogP contribution in [-0.4, -0.2) is 42.8 Å². The van der Waals surface area contributed by atoms with Crippen LogP contribution >= 0.6 is 0 Å². The average Bonchev–Trinajstić information content (AvgIpc) is 2.01. The van der Waals surface area contributed by atoms with Crippen LogP contribution in [0, 0.1) is 0 Å². The highest BCUT2D eigenvalue weighted by Crippen LogP contribution is 2.21. The Morgan fingerprint density at radius 3 is 2.57 bits per heavy atom. The average molecular weight is 210 g/mol. The van der Waals surface area contributed by atoms with Gasteiger partial charge in [0.1, 0.15) is 0 Å². The molecule has 1 rings (SSSR count). The van der Waals surface area contributed by atoms with Crippen LogP contribution in [0.5, 0.6) is 0 Å². The maximum atomic E-state index is 12.1. The third-order valence-electron chi connectivity index (χ3n) is 2.74. The Balaban J connectivity index is 2.48. The lowest BCUT2D eigenvalue weighted by Crippen LogP contribution is -2.59. The smallest absolute Gasteiger partial charge is 0.309 e. The molecule has 0 radical (unpaired) electrons. The van der Waals surface area contributed by atoms with Gasteiger partial charge in [-0.1, -0.05) is 6.92 Å². The van der Waals surface area contributed by atoms with E-state index in [0.29, 0.717) is 19.6 Å². The minimum atomic E-state index is -4.08. The number of rotatable bonds is 2. The minimum absolute atomic E-state index is 0.163. The summed E-state index contributed by atoms with van der Waals surface area (Å²) in [5.41, 5.74) is -0.163. The maximum absolute atomic E-state index is 12.1. The lowest BCUT2D eigenvalue weighted by molar-refractivity contribution is -0.150. The molecule has 1 aliphatic heterocycles. The molecule has 0 bridgehead atoms. The second-order valence-electron chi connectivity index (χ2n) is 4.17. The molecule has 1 saturated heterocycles. The van der Waals surface area contributed by atoms with Crippen molar-refractivity contribution in [2.75, 3.05) is 26.2 Å². The first kappa shape index (κ1) is 11.8. The van der Waals surface area contributed by atoms with Crippen molar-refractivity contribution in [3.63, 3.8) is 0 Å². The van der Waals surface area contributed by atoms with Crippen LogP contribution in [0.3, 0.4) is 0 Å². The molecule has 2 nitrogen and oxygen atoms in total. The topological polar surface area (TPSA) is 15.3 Å². The normalized spacial score (nSPS) is 30.6. The zero-order chi connectivity index (χ0) is 10.8. The Morgan fingerprint density at radius 2 is 2.07 bits per heavy atom. The molecule has 0 aromatic rings. The predicted molar refractivity (Wildman–Crippen MR) is 49.2 cm³/mol. The molecular formula is C9H17F3N2. The van der Waals surface area contributed by atoms with E-state index < -0.39 is 12.7 Å². The van der Waals surface area contributed by atoms with Gasteiger partial charge in [-0.05, 0) is 13.3 Å². The van der Waals surface area contributed by atoms with Gasteiger partial charge in [0.2, 0.25) is 0 Å². The molecule has 0 aromatic carbocycles. The quantitative estimate of drug-likeness (QED) is 0.745. The van der Waals surface area contributed by atoms with Crippen molar-refractivity contribution in [1.82, 2.24) is 10.2 Å². The van der Waals surface area contributed by atoms with Gasteiger partial charge < -0.3 is 5.32 Å². The molecule has 0 aliphatic carbocycles. The molecule has 14 heavy (non-hydrogen) atoms. The summed E-state index contributed by atoms with van der Waals surface area (Å²) >= 11 is 0. The van der Waals surface area contributed by atoms with Gasteiger partial charge in [0.05, 0.1) is 6.54 Å². The Hall–Kier alpha value is -0.290. The summed E-state index contributed by atoms with van der Waals surface area (Å²) < 4.78 is 36.4. The molecule has 0 aromatic heterocycles. The van der Waals surface area contributed by atoms with E-state index in [1.807, 2.05) is 13.8 Å². The third-order valence-corrected chi connectivity index (χ3v) is 2.74. The van der Waals surface area contributed by atoms with Crippen LogP contribution in [-0.2, 0) is 0 Å². The van der Waals surface area contributed by atoms with Crippen molar-refractivity contribution < 1.29 is 13.2 Å². The highest BCUT2D eigenvalue weighted by atomic mass is 19.4. The number of alkyl halides is 3. The third kappa shape index (κ3) is 3.46. The van der Waals surface area contributed by atoms with E-state index in [-0.39, 0.29) is 5.54 Å². The number of nitrogens with zero attached hydrogens (tertiary/aromatic N) is 1. The zero-order valence-corrected chi connectivity index (χ0v) is 8.62. The molecule has 0 saturated carbocycles. The maximum Gasteiger partial charge on any atom is 0.401 e. The van der Waals surface area contributed by atoms with Gasteiger partial charge in [0.15, 0.2) is 0 Å². The second-order valence-corrected chi connectivity index (χ2v) is 4.17. The SMILES string of the molecule is CCC1(C)CN(CC(F)(F)F)CCN1. The van der Waals surface area contributed by atoms with E-state index in [1.54, 1.807) is 0 Å². The van der Waals surface area contributed by atoms with Crippen molar-refractivity contribution >= 4 is 0 Å². The fourth-order valence-corrected chi connectivity index (χ4v) is 1.77. The van der Waals surface area contributed by atoms with E-state index in [2.05, 4.69) is 5.32 Å². The van der Waals surface area contributed by atoms with Crippen molar-refractivity contribution in [2.45, 2.75) is 32.0 Å². The Bertz CT molecular complexity index is 193. The van der Waals surface area contributed by atoms with Crippen molar-refractivity contribution in [3.8, 4) is 0 Å².